The summed E-state index contributed by atoms with van der Waals surface area (Å²) < 4.78 is 36.1. The molecule has 0 unspecified atom stereocenters. The molecule has 0 aliphatic carbocycles. The first-order valence-corrected chi connectivity index (χ1v) is 10.9. The van der Waals surface area contributed by atoms with Gasteiger partial charge in [0.1, 0.15) is 11.1 Å². The van der Waals surface area contributed by atoms with E-state index in [4.69, 9.17) is 21.1 Å². The molecule has 150 valence electrons. The number of aromatic nitrogens is 1. The number of rotatable bonds is 6. The SMILES string of the molecule is CS(=O)(=O)Nc1cccc(NC(=O)c2cnc(OC3CCOCC3)c(Cl)c2)c1. The minimum Gasteiger partial charge on any atom is -0.473 e. The number of sulfonamides is 1. The summed E-state index contributed by atoms with van der Waals surface area (Å²) in [5.41, 5.74) is 1.03. The third-order valence-corrected chi connectivity index (χ3v) is 4.82. The van der Waals surface area contributed by atoms with Crippen molar-refractivity contribution in [1.29, 1.82) is 0 Å². The van der Waals surface area contributed by atoms with Gasteiger partial charge in [-0.15, -0.1) is 0 Å². The highest BCUT2D eigenvalue weighted by molar-refractivity contribution is 7.92. The van der Waals surface area contributed by atoms with E-state index in [2.05, 4.69) is 15.0 Å². The van der Waals surface area contributed by atoms with Crippen molar-refractivity contribution >= 4 is 38.9 Å². The first-order chi connectivity index (χ1) is 13.3. The maximum absolute atomic E-state index is 12.5. The molecule has 0 radical (unpaired) electrons. The largest absolute Gasteiger partial charge is 0.473 e. The summed E-state index contributed by atoms with van der Waals surface area (Å²) in [4.78, 5) is 16.6. The molecule has 1 fully saturated rings. The van der Waals surface area contributed by atoms with Crippen molar-refractivity contribution in [2.75, 3.05) is 29.5 Å². The fraction of sp³-hybridized carbons (Fsp3) is 0.333. The standard InChI is InChI=1S/C18H20ClN3O5S/c1-28(24,25)22-14-4-2-3-13(10-14)21-17(23)12-9-16(19)18(20-11-12)27-15-5-7-26-8-6-15/h2-4,9-11,15,22H,5-8H2,1H3,(H,21,23). The lowest BCUT2D eigenvalue weighted by atomic mass is 10.1. The summed E-state index contributed by atoms with van der Waals surface area (Å²) in [5.74, 6) is -0.145. The molecule has 8 nitrogen and oxygen atoms in total. The number of carbonyl (C=O) groups excluding carboxylic acids is 1. The van der Waals surface area contributed by atoms with E-state index in [1.165, 1.54) is 18.3 Å². The van der Waals surface area contributed by atoms with Gasteiger partial charge in [-0.2, -0.15) is 0 Å². The number of hydrogen-bond acceptors (Lipinski definition) is 6. The molecule has 10 heteroatoms. The number of pyridine rings is 1. The van der Waals surface area contributed by atoms with Crippen LogP contribution in [0.2, 0.25) is 5.02 Å². The molecule has 1 saturated heterocycles. The van der Waals surface area contributed by atoms with Crippen LogP contribution in [-0.2, 0) is 14.8 Å². The number of hydrogen-bond donors (Lipinski definition) is 2. The predicted molar refractivity (Wildman–Crippen MR) is 107 cm³/mol. The quantitative estimate of drug-likeness (QED) is 0.736. The van der Waals surface area contributed by atoms with Gasteiger partial charge in [0.2, 0.25) is 15.9 Å². The van der Waals surface area contributed by atoms with Crippen molar-refractivity contribution in [1.82, 2.24) is 4.98 Å². The van der Waals surface area contributed by atoms with E-state index in [1.54, 1.807) is 18.2 Å². The number of nitrogens with zero attached hydrogens (tertiary/aromatic N) is 1. The molecule has 1 aromatic carbocycles. The lowest BCUT2D eigenvalue weighted by Gasteiger charge is -2.23. The Bertz CT molecular complexity index is 961. The van der Waals surface area contributed by atoms with Gasteiger partial charge in [0.25, 0.3) is 5.91 Å². The fourth-order valence-electron chi connectivity index (χ4n) is 2.67. The average Bonchev–Trinajstić information content (AvgIpc) is 2.63. The normalized spacial score (nSPS) is 15.1. The molecule has 3 rings (SSSR count). The number of amides is 1. The zero-order valence-electron chi connectivity index (χ0n) is 15.1. The van der Waals surface area contributed by atoms with Gasteiger partial charge in [0, 0.05) is 24.7 Å². The molecule has 1 aromatic heterocycles. The first-order valence-electron chi connectivity index (χ1n) is 8.59. The minimum absolute atomic E-state index is 0.0106. The molecule has 1 aliphatic heterocycles. The summed E-state index contributed by atoms with van der Waals surface area (Å²) in [6, 6.07) is 7.84. The van der Waals surface area contributed by atoms with Crippen LogP contribution in [0.15, 0.2) is 36.5 Å². The Kier molecular flexibility index (Phi) is 6.38. The van der Waals surface area contributed by atoms with Crippen LogP contribution in [0.4, 0.5) is 11.4 Å². The molecule has 0 saturated carbocycles. The molecule has 28 heavy (non-hydrogen) atoms. The van der Waals surface area contributed by atoms with Crippen molar-refractivity contribution in [2.24, 2.45) is 0 Å². The van der Waals surface area contributed by atoms with Gasteiger partial charge < -0.3 is 14.8 Å². The number of benzene rings is 1. The summed E-state index contributed by atoms with van der Waals surface area (Å²) in [6.07, 6.45) is 3.95. The molecule has 1 amide bonds. The maximum atomic E-state index is 12.5. The highest BCUT2D eigenvalue weighted by Gasteiger charge is 2.18. The Morgan fingerprint density at radius 3 is 2.64 bits per heavy atom. The molecule has 2 heterocycles. The van der Waals surface area contributed by atoms with Crippen LogP contribution >= 0.6 is 11.6 Å². The summed E-state index contributed by atoms with van der Waals surface area (Å²) >= 11 is 6.22. The van der Waals surface area contributed by atoms with Crippen molar-refractivity contribution in [2.45, 2.75) is 18.9 Å². The van der Waals surface area contributed by atoms with E-state index in [0.717, 1.165) is 19.1 Å². The van der Waals surface area contributed by atoms with Gasteiger partial charge in [-0.05, 0) is 24.3 Å². The average molecular weight is 426 g/mol. The van der Waals surface area contributed by atoms with Crippen molar-refractivity contribution in [3.63, 3.8) is 0 Å². The second-order valence-corrected chi connectivity index (χ2v) is 8.51. The van der Waals surface area contributed by atoms with Gasteiger partial charge in [0.15, 0.2) is 0 Å². The Morgan fingerprint density at radius 1 is 1.25 bits per heavy atom. The summed E-state index contributed by atoms with van der Waals surface area (Å²) in [5, 5.41) is 2.92. The van der Waals surface area contributed by atoms with Gasteiger partial charge in [0.05, 0.1) is 30.7 Å². The molecular formula is C18H20ClN3O5S. The smallest absolute Gasteiger partial charge is 0.257 e. The maximum Gasteiger partial charge on any atom is 0.257 e. The molecule has 1 aliphatic rings. The number of ether oxygens (including phenoxy) is 2. The molecule has 0 atom stereocenters. The van der Waals surface area contributed by atoms with Crippen molar-refractivity contribution in [3.8, 4) is 5.88 Å². The summed E-state index contributed by atoms with van der Waals surface area (Å²) in [6.45, 7) is 1.27. The lowest BCUT2D eigenvalue weighted by molar-refractivity contribution is 0.0238. The van der Waals surface area contributed by atoms with Crippen molar-refractivity contribution in [3.05, 3.63) is 47.1 Å². The first kappa shape index (κ1) is 20.4. The van der Waals surface area contributed by atoms with E-state index in [9.17, 15) is 13.2 Å². The van der Waals surface area contributed by atoms with Crippen LogP contribution in [0.3, 0.4) is 0 Å². The van der Waals surface area contributed by atoms with Crippen LogP contribution in [0.1, 0.15) is 23.2 Å². The highest BCUT2D eigenvalue weighted by atomic mass is 35.5. The van der Waals surface area contributed by atoms with E-state index < -0.39 is 15.9 Å². The Morgan fingerprint density at radius 2 is 1.96 bits per heavy atom. The zero-order chi connectivity index (χ0) is 20.1. The second-order valence-electron chi connectivity index (χ2n) is 6.35. The fourth-order valence-corrected chi connectivity index (χ4v) is 3.43. The van der Waals surface area contributed by atoms with E-state index in [0.29, 0.717) is 24.6 Å². The van der Waals surface area contributed by atoms with E-state index >= 15 is 0 Å². The second kappa shape index (κ2) is 8.76. The van der Waals surface area contributed by atoms with Crippen LogP contribution in [-0.4, -0.2) is 44.9 Å². The molecule has 2 N–H and O–H groups in total. The monoisotopic (exact) mass is 425 g/mol. The van der Waals surface area contributed by atoms with Crippen LogP contribution < -0.4 is 14.8 Å². The number of carbonyl (C=O) groups is 1. The molecular weight excluding hydrogens is 406 g/mol. The molecule has 0 spiro atoms. The van der Waals surface area contributed by atoms with Gasteiger partial charge in [-0.1, -0.05) is 17.7 Å². The number of anilines is 2. The van der Waals surface area contributed by atoms with Crippen LogP contribution in [0.5, 0.6) is 5.88 Å². The third-order valence-electron chi connectivity index (χ3n) is 3.94. The van der Waals surface area contributed by atoms with E-state index in [1.807, 2.05) is 0 Å². The number of nitrogens with one attached hydrogen (secondary N) is 2. The third kappa shape index (κ3) is 5.82. The minimum atomic E-state index is -3.41. The Balaban J connectivity index is 1.67. The van der Waals surface area contributed by atoms with Gasteiger partial charge in [-0.25, -0.2) is 13.4 Å². The van der Waals surface area contributed by atoms with Crippen LogP contribution in [0, 0.1) is 0 Å². The molecule has 2 aromatic rings. The molecule has 0 bridgehead atoms. The lowest BCUT2D eigenvalue weighted by Crippen LogP contribution is -2.26. The van der Waals surface area contributed by atoms with Gasteiger partial charge >= 0.3 is 0 Å². The highest BCUT2D eigenvalue weighted by Crippen LogP contribution is 2.26. The van der Waals surface area contributed by atoms with Crippen LogP contribution in [0.25, 0.3) is 0 Å². The topological polar surface area (TPSA) is 107 Å². The summed E-state index contributed by atoms with van der Waals surface area (Å²) in [7, 11) is -3.41. The van der Waals surface area contributed by atoms with Crippen molar-refractivity contribution < 1.29 is 22.7 Å². The Hall–Kier alpha value is -2.36. The Labute approximate surface area is 168 Å². The van der Waals surface area contributed by atoms with Gasteiger partial charge in [-0.3, -0.25) is 9.52 Å². The zero-order valence-corrected chi connectivity index (χ0v) is 16.7. The van der Waals surface area contributed by atoms with E-state index in [-0.39, 0.29) is 22.6 Å². The predicted octanol–water partition coefficient (Wildman–Crippen LogP) is 2.92. The number of halogens is 1.